The zero-order chi connectivity index (χ0) is 24.3. The van der Waals surface area contributed by atoms with Crippen LogP contribution in [0, 0.1) is 0 Å². The molecule has 1 radical (unpaired) electrons. The Bertz CT molecular complexity index is 1010. The number of phenols is 2. The Balaban J connectivity index is -0.000000256. The molecular weight excluding hydrogens is 536 g/mol. The molecule has 0 saturated heterocycles. The number of hydrazone groups is 2. The molecule has 0 fully saturated rings. The van der Waals surface area contributed by atoms with Crippen LogP contribution in [0.5, 0.6) is 11.5 Å². The summed E-state index contributed by atoms with van der Waals surface area (Å²) >= 11 is 0. The normalized spacial score (nSPS) is 9.72. The number of carbonyl (C=O) groups excluding carboxylic acids is 4. The quantitative estimate of drug-likeness (QED) is 0.153. The van der Waals surface area contributed by atoms with Gasteiger partial charge in [0.05, 0.1) is 34.5 Å². The minimum absolute atomic E-state index is 0. The molecule has 0 aliphatic carbocycles. The number of para-hydroxylation sites is 2. The fraction of sp³-hybridized carbons (Fsp3) is 0.100. The third-order valence-corrected chi connectivity index (χ3v) is 3.54. The number of nitrogens with one attached hydrogen (secondary N) is 2. The van der Waals surface area contributed by atoms with Crippen LogP contribution in [0.1, 0.15) is 34.6 Å². The summed E-state index contributed by atoms with van der Waals surface area (Å²) in [5.74, 6) is -4.75. The number of benzene rings is 2. The molecule has 2 aromatic carbocycles. The van der Waals surface area contributed by atoms with Gasteiger partial charge in [0.1, 0.15) is 11.5 Å². The van der Waals surface area contributed by atoms with Crippen LogP contribution in [0.25, 0.3) is 0 Å². The number of amides is 2. The molecular formula is C20H24CuN4O11. The maximum atomic E-state index is 11.4. The molecule has 16 heteroatoms. The van der Waals surface area contributed by atoms with Crippen LogP contribution in [-0.4, -0.2) is 61.8 Å². The average molecular weight is 560 g/mol. The number of rotatable bonds is 6. The Morgan fingerprint density at radius 1 is 0.667 bits per heavy atom. The summed E-state index contributed by atoms with van der Waals surface area (Å²) in [6, 6.07) is 11.7. The van der Waals surface area contributed by atoms with Crippen LogP contribution in [0.4, 0.5) is 0 Å². The van der Waals surface area contributed by atoms with Gasteiger partial charge in [-0.2, -0.15) is 10.2 Å². The second-order valence-electron chi connectivity index (χ2n) is 5.89. The minimum atomic E-state index is -1.47. The number of nitrogens with zero attached hydrogens (tertiary/aromatic N) is 2. The maximum Gasteiger partial charge on any atom is 2.00 e. The summed E-state index contributed by atoms with van der Waals surface area (Å²) in [4.78, 5) is 43.3. The van der Waals surface area contributed by atoms with Crippen LogP contribution in [0.2, 0.25) is 0 Å². The van der Waals surface area contributed by atoms with Crippen molar-refractivity contribution < 1.29 is 73.1 Å². The minimum Gasteiger partial charge on any atom is -0.543 e. The molecule has 0 spiro atoms. The Hall–Kier alpha value is -4.34. The molecule has 0 heterocycles. The number of phenolic OH excluding ortho intramolecular Hbond substituents is 2. The Kier molecular flexibility index (Phi) is 20.5. The molecule has 2 rings (SSSR count). The van der Waals surface area contributed by atoms with E-state index in [2.05, 4.69) is 10.2 Å². The topological polar surface area (TPSA) is 298 Å². The van der Waals surface area contributed by atoms with Gasteiger partial charge in [0.15, 0.2) is 0 Å². The molecule has 15 nitrogen and oxygen atoms in total. The molecule has 0 bridgehead atoms. The van der Waals surface area contributed by atoms with Crippen molar-refractivity contribution in [3.05, 3.63) is 59.7 Å². The summed E-state index contributed by atoms with van der Waals surface area (Å²) in [6.45, 7) is 2.36. The van der Waals surface area contributed by atoms with E-state index in [0.29, 0.717) is 0 Å². The third-order valence-electron chi connectivity index (χ3n) is 3.54. The number of aliphatic carboxylic acids is 2. The van der Waals surface area contributed by atoms with Gasteiger partial charge in [0, 0.05) is 0 Å². The van der Waals surface area contributed by atoms with Crippen molar-refractivity contribution >= 4 is 35.2 Å². The Morgan fingerprint density at radius 2 is 0.944 bits per heavy atom. The molecule has 2 aromatic rings. The number of carboxylic acids is 2. The van der Waals surface area contributed by atoms with E-state index in [4.69, 9.17) is 0 Å². The maximum absolute atomic E-state index is 11.4. The second kappa shape index (κ2) is 19.0. The van der Waals surface area contributed by atoms with Crippen molar-refractivity contribution in [2.24, 2.45) is 10.2 Å². The smallest absolute Gasteiger partial charge is 0.543 e. The Morgan fingerprint density at radius 3 is 1.19 bits per heavy atom. The van der Waals surface area contributed by atoms with Gasteiger partial charge in [-0.1, -0.05) is 24.3 Å². The van der Waals surface area contributed by atoms with Gasteiger partial charge >= 0.3 is 17.1 Å². The number of hydrogen-bond donors (Lipinski definition) is 4. The zero-order valence-corrected chi connectivity index (χ0v) is 19.6. The second-order valence-corrected chi connectivity index (χ2v) is 5.89. The van der Waals surface area contributed by atoms with E-state index in [0.717, 1.165) is 0 Å². The molecule has 0 unspecified atom stereocenters. The molecule has 2 amide bonds. The van der Waals surface area contributed by atoms with Crippen molar-refractivity contribution in [2.75, 3.05) is 0 Å². The summed E-state index contributed by atoms with van der Waals surface area (Å²) in [6.07, 6.45) is 0. The van der Waals surface area contributed by atoms with Gasteiger partial charge in [-0.25, -0.2) is 10.9 Å². The number of aromatic hydroxyl groups is 2. The first kappa shape index (κ1) is 38.9. The van der Waals surface area contributed by atoms with Crippen LogP contribution in [0.3, 0.4) is 0 Å². The fourth-order valence-corrected chi connectivity index (χ4v) is 1.81. The fourth-order valence-electron chi connectivity index (χ4n) is 1.81. The molecule has 0 aromatic heterocycles. The van der Waals surface area contributed by atoms with Crippen LogP contribution >= 0.6 is 0 Å². The Labute approximate surface area is 214 Å². The average Bonchev–Trinajstić information content (AvgIpc) is 2.76. The predicted molar refractivity (Wildman–Crippen MR) is 118 cm³/mol. The molecule has 0 aliphatic heterocycles. The van der Waals surface area contributed by atoms with Crippen molar-refractivity contribution in [3.63, 3.8) is 0 Å². The molecule has 0 saturated carbocycles. The number of carbonyl (C=O) groups is 4. The van der Waals surface area contributed by atoms with Gasteiger partial charge in [-0.3, -0.25) is 9.59 Å². The van der Waals surface area contributed by atoms with Crippen molar-refractivity contribution in [3.8, 4) is 11.5 Å². The van der Waals surface area contributed by atoms with Gasteiger partial charge in [-0.15, -0.1) is 0 Å². The molecule has 201 valence electrons. The third kappa shape index (κ3) is 12.8. The summed E-state index contributed by atoms with van der Waals surface area (Å²) in [7, 11) is 0. The summed E-state index contributed by atoms with van der Waals surface area (Å²) in [5, 5.41) is 45.8. The van der Waals surface area contributed by atoms with E-state index < -0.39 is 23.8 Å². The monoisotopic (exact) mass is 559 g/mol. The first-order chi connectivity index (χ1) is 15.0. The van der Waals surface area contributed by atoms with E-state index in [1.165, 1.54) is 38.1 Å². The number of carboxylic acid groups (broad SMARTS) is 2. The van der Waals surface area contributed by atoms with Crippen molar-refractivity contribution in [1.29, 1.82) is 0 Å². The first-order valence-corrected chi connectivity index (χ1v) is 8.72. The van der Waals surface area contributed by atoms with Crippen molar-refractivity contribution in [1.82, 2.24) is 10.9 Å². The van der Waals surface area contributed by atoms with Gasteiger partial charge in [0.25, 0.3) is 11.8 Å². The van der Waals surface area contributed by atoms with E-state index >= 15 is 0 Å². The van der Waals surface area contributed by atoms with Gasteiger partial charge in [0.2, 0.25) is 0 Å². The largest absolute Gasteiger partial charge is 2.00 e. The predicted octanol–water partition coefficient (Wildman–Crippen LogP) is -3.98. The van der Waals surface area contributed by atoms with Gasteiger partial charge < -0.3 is 46.4 Å². The van der Waals surface area contributed by atoms with Crippen LogP contribution in [0.15, 0.2) is 58.7 Å². The first-order valence-electron chi connectivity index (χ1n) is 8.72. The molecule has 0 aliphatic rings. The van der Waals surface area contributed by atoms with Crippen LogP contribution in [-0.2, 0) is 26.7 Å². The van der Waals surface area contributed by atoms with E-state index in [9.17, 15) is 39.6 Å². The summed E-state index contributed by atoms with van der Waals surface area (Å²) < 4.78 is 0. The molecule has 0 atom stereocenters. The van der Waals surface area contributed by atoms with E-state index in [1.54, 1.807) is 24.3 Å². The number of hydrogen-bond acceptors (Lipinski definition) is 10. The standard InChI is InChI=1S/2C10H10N2O4.Cu.3H2O/c2*1-6(10(15)16)11-12-9(14)7-4-2-3-5-8(7)13;;;;/h2*2-5,13H,1H3,(H,12,14)(H,15,16);;3*1H2/q;;+2;;;/p-2/b2*11-6+;;;;. The molecule has 36 heavy (non-hydrogen) atoms. The van der Waals surface area contributed by atoms with Crippen molar-refractivity contribution in [2.45, 2.75) is 13.8 Å². The van der Waals surface area contributed by atoms with E-state index in [-0.39, 0.29) is 67.5 Å². The molecule has 10 N–H and O–H groups in total. The zero-order valence-electron chi connectivity index (χ0n) is 18.7. The van der Waals surface area contributed by atoms with Gasteiger partial charge in [-0.05, 0) is 38.1 Å². The van der Waals surface area contributed by atoms with E-state index in [1.807, 2.05) is 10.9 Å². The van der Waals surface area contributed by atoms with Crippen LogP contribution < -0.4 is 21.1 Å². The summed E-state index contributed by atoms with van der Waals surface area (Å²) in [5.41, 5.74) is 3.29. The SMILES string of the molecule is C/C(=N\NC(=O)c1ccccc1O)C(=O)[O-].C/C(=N\NC(=O)c1ccccc1O)C(=O)[O-].O.O.O.[Cu+2].